The molecule has 6 heteroatoms. The van der Waals surface area contributed by atoms with Crippen molar-refractivity contribution in [2.45, 2.75) is 57.7 Å². The van der Waals surface area contributed by atoms with Gasteiger partial charge in [0.25, 0.3) is 0 Å². The first-order chi connectivity index (χ1) is 15.3. The van der Waals surface area contributed by atoms with E-state index in [1.54, 1.807) is 0 Å². The monoisotopic (exact) mass is 436 g/mol. The van der Waals surface area contributed by atoms with E-state index in [0.29, 0.717) is 17.8 Å². The van der Waals surface area contributed by atoms with Gasteiger partial charge in [-0.25, -0.2) is 0 Å². The van der Waals surface area contributed by atoms with Crippen LogP contribution < -0.4 is 0 Å². The Kier molecular flexibility index (Phi) is 3.75. The lowest BCUT2D eigenvalue weighted by molar-refractivity contribution is -0.159. The van der Waals surface area contributed by atoms with E-state index in [-0.39, 0.29) is 59.3 Å². The summed E-state index contributed by atoms with van der Waals surface area (Å²) in [6.07, 6.45) is 2.98. The van der Waals surface area contributed by atoms with Crippen molar-refractivity contribution in [2.24, 2.45) is 47.3 Å². The van der Waals surface area contributed by atoms with Crippen LogP contribution in [0.3, 0.4) is 0 Å². The predicted octanol–water partition coefficient (Wildman–Crippen LogP) is 2.97. The molecule has 4 aliphatic carbocycles. The number of fused-ring (bicyclic) bond motifs is 10. The molecule has 4 saturated carbocycles. The van der Waals surface area contributed by atoms with E-state index < -0.39 is 6.29 Å². The quantitative estimate of drug-likeness (QED) is 0.566. The Balaban J connectivity index is 1.19. The number of hydrogen-bond donors (Lipinski definition) is 1. The predicted molar refractivity (Wildman–Crippen MR) is 111 cm³/mol. The van der Waals surface area contributed by atoms with Gasteiger partial charge in [-0.2, -0.15) is 0 Å². The summed E-state index contributed by atoms with van der Waals surface area (Å²) < 4.78 is 10.1. The Labute approximate surface area is 186 Å². The number of cyclic esters (lactones) is 3. The van der Waals surface area contributed by atoms with E-state index >= 15 is 0 Å². The van der Waals surface area contributed by atoms with Gasteiger partial charge >= 0.3 is 17.9 Å². The third-order valence-electron chi connectivity index (χ3n) is 10.1. The van der Waals surface area contributed by atoms with Gasteiger partial charge < -0.3 is 14.6 Å². The van der Waals surface area contributed by atoms with Gasteiger partial charge in [0.05, 0.1) is 17.8 Å². The molecule has 6 fully saturated rings. The molecule has 2 heterocycles. The molecule has 1 aromatic rings. The summed E-state index contributed by atoms with van der Waals surface area (Å²) in [5.41, 5.74) is 5.12. The van der Waals surface area contributed by atoms with Crippen molar-refractivity contribution >= 4 is 17.9 Å². The summed E-state index contributed by atoms with van der Waals surface area (Å²) in [4.78, 5) is 36.8. The number of aryl methyl sites for hydroxylation is 2. The Bertz CT molecular complexity index is 1080. The molecule has 6 aliphatic rings. The minimum Gasteiger partial charge on any atom is -0.435 e. The van der Waals surface area contributed by atoms with Crippen LogP contribution in [0.25, 0.3) is 0 Å². The van der Waals surface area contributed by atoms with Crippen molar-refractivity contribution in [3.8, 4) is 0 Å². The number of ether oxygens (including phenoxy) is 2. The first kappa shape index (κ1) is 19.3. The Morgan fingerprint density at radius 1 is 0.750 bits per heavy atom. The van der Waals surface area contributed by atoms with Gasteiger partial charge in [-0.1, -0.05) is 12.1 Å². The van der Waals surface area contributed by atoms with Gasteiger partial charge in [-0.3, -0.25) is 14.4 Å². The minimum absolute atomic E-state index is 0.0275. The average molecular weight is 437 g/mol. The van der Waals surface area contributed by atoms with Gasteiger partial charge in [-0.05, 0) is 97.3 Å². The highest BCUT2D eigenvalue weighted by Gasteiger charge is 2.64. The lowest BCUT2D eigenvalue weighted by Gasteiger charge is -2.32. The van der Waals surface area contributed by atoms with Crippen molar-refractivity contribution in [2.75, 3.05) is 0 Å². The smallest absolute Gasteiger partial charge is 0.317 e. The van der Waals surface area contributed by atoms with Crippen LogP contribution in [0.1, 0.15) is 59.8 Å². The van der Waals surface area contributed by atoms with Crippen molar-refractivity contribution in [1.82, 2.24) is 0 Å². The first-order valence-electron chi connectivity index (χ1n) is 12.1. The fourth-order valence-electron chi connectivity index (χ4n) is 9.05. The molecule has 0 radical (unpaired) electrons. The zero-order chi connectivity index (χ0) is 22.0. The summed E-state index contributed by atoms with van der Waals surface area (Å²) >= 11 is 0. The van der Waals surface area contributed by atoms with Crippen LogP contribution in [0.2, 0.25) is 0 Å². The lowest BCUT2D eigenvalue weighted by Crippen LogP contribution is -2.31. The van der Waals surface area contributed by atoms with Gasteiger partial charge in [0.1, 0.15) is 0 Å². The lowest BCUT2D eigenvalue weighted by atomic mass is 9.69. The van der Waals surface area contributed by atoms with Crippen LogP contribution in [0.5, 0.6) is 0 Å². The SMILES string of the molecule is Cc1cc(C2CC3CC2C2C(=O)OC(O)C32)c(C)cc1C1CC2CC1C1C(=O)OC(=O)C21. The third kappa shape index (κ3) is 2.27. The molecular weight excluding hydrogens is 408 g/mol. The molecule has 1 aromatic carbocycles. The zero-order valence-corrected chi connectivity index (χ0v) is 18.3. The number of hydrogen-bond acceptors (Lipinski definition) is 6. The first-order valence-corrected chi connectivity index (χ1v) is 12.1. The second kappa shape index (κ2) is 6.22. The summed E-state index contributed by atoms with van der Waals surface area (Å²) in [6, 6.07) is 4.61. The minimum atomic E-state index is -0.926. The molecule has 1 N–H and O–H groups in total. The van der Waals surface area contributed by atoms with Crippen LogP contribution in [-0.4, -0.2) is 29.3 Å². The molecule has 168 valence electrons. The van der Waals surface area contributed by atoms with Gasteiger partial charge in [0.2, 0.25) is 6.29 Å². The van der Waals surface area contributed by atoms with Crippen molar-refractivity contribution in [3.63, 3.8) is 0 Å². The maximum Gasteiger partial charge on any atom is 0.317 e. The molecule has 11 unspecified atom stereocenters. The molecule has 32 heavy (non-hydrogen) atoms. The Morgan fingerprint density at radius 3 is 2.00 bits per heavy atom. The highest BCUT2D eigenvalue weighted by atomic mass is 16.6. The summed E-state index contributed by atoms with van der Waals surface area (Å²) in [5, 5.41) is 10.2. The Hall–Kier alpha value is -2.21. The van der Waals surface area contributed by atoms with E-state index in [2.05, 4.69) is 26.0 Å². The average Bonchev–Trinajstić information content (AvgIpc) is 3.55. The maximum absolute atomic E-state index is 12.4. The van der Waals surface area contributed by atoms with Crippen molar-refractivity contribution < 1.29 is 29.0 Å². The molecule has 11 atom stereocenters. The number of carbonyl (C=O) groups excluding carboxylic acids is 3. The maximum atomic E-state index is 12.4. The van der Waals surface area contributed by atoms with Gasteiger partial charge in [0, 0.05) is 5.92 Å². The standard InChI is InChI=1S/C26H28O6/c1-9-3-14(16-6-12-8-18(16)22-20(12)24(28)32-26(22)30)10(2)4-13(9)15-5-11-7-17(15)21-19(11)23(27)31-25(21)29/h3-4,11-12,15-23,27H,5-8H2,1-2H3. The fraction of sp³-hybridized carbons (Fsp3) is 0.654. The van der Waals surface area contributed by atoms with E-state index in [1.165, 1.54) is 22.3 Å². The molecule has 6 nitrogen and oxygen atoms in total. The molecule has 4 bridgehead atoms. The van der Waals surface area contributed by atoms with E-state index in [9.17, 15) is 19.5 Å². The number of rotatable bonds is 2. The second-order valence-corrected chi connectivity index (χ2v) is 11.3. The summed E-state index contributed by atoms with van der Waals surface area (Å²) in [7, 11) is 0. The van der Waals surface area contributed by atoms with Crippen LogP contribution >= 0.6 is 0 Å². The summed E-state index contributed by atoms with van der Waals surface area (Å²) in [5.74, 6) is 0.190. The van der Waals surface area contributed by atoms with Gasteiger partial charge in [0.15, 0.2) is 0 Å². The van der Waals surface area contributed by atoms with Crippen molar-refractivity contribution in [3.05, 3.63) is 34.4 Å². The largest absolute Gasteiger partial charge is 0.435 e. The summed E-state index contributed by atoms with van der Waals surface area (Å²) in [6.45, 7) is 4.32. The van der Waals surface area contributed by atoms with Crippen LogP contribution in [0.15, 0.2) is 12.1 Å². The molecule has 2 saturated heterocycles. The topological polar surface area (TPSA) is 89.9 Å². The normalized spacial score (nSPS) is 47.7. The molecule has 0 aromatic heterocycles. The van der Waals surface area contributed by atoms with Crippen molar-refractivity contribution in [1.29, 1.82) is 0 Å². The zero-order valence-electron chi connectivity index (χ0n) is 18.3. The fourth-order valence-corrected chi connectivity index (χ4v) is 9.05. The van der Waals surface area contributed by atoms with E-state index in [4.69, 9.17) is 9.47 Å². The van der Waals surface area contributed by atoms with Crippen LogP contribution in [0, 0.1) is 61.2 Å². The number of esters is 3. The highest BCUT2D eigenvalue weighted by molar-refractivity contribution is 5.97. The molecule has 2 aliphatic heterocycles. The highest BCUT2D eigenvalue weighted by Crippen LogP contribution is 2.64. The number of aliphatic hydroxyl groups excluding tert-OH is 1. The van der Waals surface area contributed by atoms with Gasteiger partial charge in [-0.15, -0.1) is 0 Å². The molecule has 7 rings (SSSR count). The third-order valence-corrected chi connectivity index (χ3v) is 10.1. The molecule has 0 spiro atoms. The van der Waals surface area contributed by atoms with E-state index in [1.807, 2.05) is 0 Å². The number of aliphatic hydroxyl groups is 1. The number of benzene rings is 1. The second-order valence-electron chi connectivity index (χ2n) is 11.3. The Morgan fingerprint density at radius 2 is 1.31 bits per heavy atom. The molecule has 0 amide bonds. The number of carbonyl (C=O) groups is 3. The molecular formula is C26H28O6. The van der Waals surface area contributed by atoms with Crippen LogP contribution in [0.4, 0.5) is 0 Å². The van der Waals surface area contributed by atoms with E-state index in [0.717, 1.165) is 25.7 Å². The van der Waals surface area contributed by atoms with Crippen LogP contribution in [-0.2, 0) is 23.9 Å².